The summed E-state index contributed by atoms with van der Waals surface area (Å²) in [7, 11) is 0. The standard InChI is InChI=1S/C4H11N3/c1-4(7)2(5)3(4)6/h2-3H,5-7H2,1H3. The molecule has 0 bridgehead atoms. The van der Waals surface area contributed by atoms with Crippen molar-refractivity contribution in [2.45, 2.75) is 24.5 Å². The Bertz CT molecular complexity index is 78.9. The number of nitrogens with two attached hydrogens (primary N) is 3. The van der Waals surface area contributed by atoms with Crippen molar-refractivity contribution in [3.05, 3.63) is 0 Å². The number of hydrogen-bond acceptors (Lipinski definition) is 3. The molecule has 1 saturated carbocycles. The van der Waals surface area contributed by atoms with Crippen molar-refractivity contribution in [2.75, 3.05) is 0 Å². The van der Waals surface area contributed by atoms with Crippen LogP contribution in [0.15, 0.2) is 0 Å². The first kappa shape index (κ1) is 5.03. The third kappa shape index (κ3) is 0.459. The van der Waals surface area contributed by atoms with Crippen LogP contribution in [-0.4, -0.2) is 17.6 Å². The first-order valence-electron chi connectivity index (χ1n) is 2.37. The van der Waals surface area contributed by atoms with E-state index in [-0.39, 0.29) is 17.6 Å². The highest BCUT2D eigenvalue weighted by molar-refractivity contribution is 5.21. The van der Waals surface area contributed by atoms with E-state index in [1.54, 1.807) is 0 Å². The Morgan fingerprint density at radius 1 is 1.29 bits per heavy atom. The summed E-state index contributed by atoms with van der Waals surface area (Å²) in [6, 6.07) is 0.0417. The molecule has 0 aromatic heterocycles. The Kier molecular flexibility index (Phi) is 0.712. The molecule has 0 saturated heterocycles. The lowest BCUT2D eigenvalue weighted by Gasteiger charge is -1.94. The maximum absolute atomic E-state index is 5.50. The molecule has 0 aliphatic heterocycles. The van der Waals surface area contributed by atoms with Crippen LogP contribution in [0.25, 0.3) is 0 Å². The summed E-state index contributed by atoms with van der Waals surface area (Å²) < 4.78 is 0. The summed E-state index contributed by atoms with van der Waals surface area (Å²) in [6.45, 7) is 1.86. The molecule has 1 rings (SSSR count). The molecule has 7 heavy (non-hydrogen) atoms. The van der Waals surface area contributed by atoms with E-state index in [0.717, 1.165) is 0 Å². The molecule has 3 nitrogen and oxygen atoms in total. The molecule has 2 atom stereocenters. The second-order valence-electron chi connectivity index (χ2n) is 2.42. The van der Waals surface area contributed by atoms with Gasteiger partial charge in [0.25, 0.3) is 0 Å². The van der Waals surface area contributed by atoms with Crippen molar-refractivity contribution in [2.24, 2.45) is 17.2 Å². The van der Waals surface area contributed by atoms with Gasteiger partial charge in [0.1, 0.15) is 0 Å². The summed E-state index contributed by atoms with van der Waals surface area (Å²) in [6.07, 6.45) is 0. The maximum Gasteiger partial charge on any atom is 0.0464 e. The molecule has 42 valence electrons. The fraction of sp³-hybridized carbons (Fsp3) is 1.00. The summed E-state index contributed by atoms with van der Waals surface area (Å²) in [4.78, 5) is 0. The highest BCUT2D eigenvalue weighted by Gasteiger charge is 2.54. The van der Waals surface area contributed by atoms with E-state index in [1.807, 2.05) is 6.92 Å². The van der Waals surface area contributed by atoms with Crippen LogP contribution in [0, 0.1) is 0 Å². The summed E-state index contributed by atoms with van der Waals surface area (Å²) in [5, 5.41) is 0. The average molecular weight is 101 g/mol. The van der Waals surface area contributed by atoms with E-state index in [9.17, 15) is 0 Å². The molecular weight excluding hydrogens is 90.1 g/mol. The van der Waals surface area contributed by atoms with Gasteiger partial charge in [-0.3, -0.25) is 0 Å². The van der Waals surface area contributed by atoms with Crippen molar-refractivity contribution in [3.8, 4) is 0 Å². The first-order valence-corrected chi connectivity index (χ1v) is 2.37. The molecule has 6 N–H and O–H groups in total. The molecule has 0 spiro atoms. The normalized spacial score (nSPS) is 60.0. The monoisotopic (exact) mass is 101 g/mol. The lowest BCUT2D eigenvalue weighted by Crippen LogP contribution is -2.28. The van der Waals surface area contributed by atoms with E-state index in [1.165, 1.54) is 0 Å². The maximum atomic E-state index is 5.50. The van der Waals surface area contributed by atoms with Crippen LogP contribution < -0.4 is 17.2 Å². The van der Waals surface area contributed by atoms with Crippen molar-refractivity contribution >= 4 is 0 Å². The van der Waals surface area contributed by atoms with Gasteiger partial charge in [-0.15, -0.1) is 0 Å². The zero-order valence-electron chi connectivity index (χ0n) is 4.39. The Hall–Kier alpha value is -0.120. The van der Waals surface area contributed by atoms with Gasteiger partial charge in [-0.2, -0.15) is 0 Å². The van der Waals surface area contributed by atoms with E-state index in [2.05, 4.69) is 0 Å². The molecule has 0 aromatic rings. The molecule has 0 heterocycles. The van der Waals surface area contributed by atoms with Gasteiger partial charge < -0.3 is 17.2 Å². The van der Waals surface area contributed by atoms with Gasteiger partial charge in [-0.25, -0.2) is 0 Å². The van der Waals surface area contributed by atoms with Crippen molar-refractivity contribution < 1.29 is 0 Å². The second-order valence-corrected chi connectivity index (χ2v) is 2.42. The van der Waals surface area contributed by atoms with Gasteiger partial charge in [0.2, 0.25) is 0 Å². The van der Waals surface area contributed by atoms with Crippen LogP contribution in [0.4, 0.5) is 0 Å². The van der Waals surface area contributed by atoms with Crippen molar-refractivity contribution in [1.29, 1.82) is 0 Å². The van der Waals surface area contributed by atoms with E-state index in [4.69, 9.17) is 17.2 Å². The smallest absolute Gasteiger partial charge is 0.0464 e. The molecule has 3 heteroatoms. The van der Waals surface area contributed by atoms with Gasteiger partial charge in [0, 0.05) is 17.6 Å². The fourth-order valence-corrected chi connectivity index (χ4v) is 0.602. The molecule has 0 amide bonds. The van der Waals surface area contributed by atoms with Gasteiger partial charge in [-0.1, -0.05) is 0 Å². The zero-order valence-corrected chi connectivity index (χ0v) is 4.39. The van der Waals surface area contributed by atoms with Crippen LogP contribution in [-0.2, 0) is 0 Å². The molecule has 2 unspecified atom stereocenters. The van der Waals surface area contributed by atoms with Crippen molar-refractivity contribution in [1.82, 2.24) is 0 Å². The van der Waals surface area contributed by atoms with Crippen LogP contribution in [0.5, 0.6) is 0 Å². The Labute approximate surface area is 42.8 Å². The Morgan fingerprint density at radius 2 is 1.43 bits per heavy atom. The van der Waals surface area contributed by atoms with Gasteiger partial charge in [0.15, 0.2) is 0 Å². The van der Waals surface area contributed by atoms with Gasteiger partial charge in [-0.05, 0) is 6.92 Å². The SMILES string of the molecule is CC1(N)C(N)C1N. The Balaban J connectivity index is 2.52. The fourth-order valence-electron chi connectivity index (χ4n) is 0.602. The van der Waals surface area contributed by atoms with Crippen LogP contribution >= 0.6 is 0 Å². The molecule has 0 radical (unpaired) electrons. The van der Waals surface area contributed by atoms with Gasteiger partial charge in [0.05, 0.1) is 0 Å². The second kappa shape index (κ2) is 0.992. The predicted molar refractivity (Wildman–Crippen MR) is 28.5 cm³/mol. The molecule has 1 fully saturated rings. The topological polar surface area (TPSA) is 78.1 Å². The van der Waals surface area contributed by atoms with E-state index in [0.29, 0.717) is 0 Å². The third-order valence-corrected chi connectivity index (χ3v) is 1.71. The van der Waals surface area contributed by atoms with Crippen LogP contribution in [0.2, 0.25) is 0 Å². The minimum atomic E-state index is -0.278. The summed E-state index contributed by atoms with van der Waals surface area (Å²) in [5.74, 6) is 0. The zero-order chi connectivity index (χ0) is 5.65. The van der Waals surface area contributed by atoms with E-state index < -0.39 is 0 Å². The lowest BCUT2D eigenvalue weighted by molar-refractivity contribution is 0.701. The molecule has 1 aliphatic rings. The highest BCUT2D eigenvalue weighted by Crippen LogP contribution is 2.27. The number of rotatable bonds is 0. The van der Waals surface area contributed by atoms with Crippen LogP contribution in [0.3, 0.4) is 0 Å². The molecular formula is C4H11N3. The molecule has 0 aromatic carbocycles. The minimum absolute atomic E-state index is 0.0208. The highest BCUT2D eigenvalue weighted by atomic mass is 15.1. The summed E-state index contributed by atoms with van der Waals surface area (Å²) >= 11 is 0. The summed E-state index contributed by atoms with van der Waals surface area (Å²) in [5.41, 5.74) is 16.0. The average Bonchev–Trinajstić information content (AvgIpc) is 1.91. The van der Waals surface area contributed by atoms with Crippen molar-refractivity contribution in [3.63, 3.8) is 0 Å². The first-order chi connectivity index (χ1) is 3.07. The van der Waals surface area contributed by atoms with Gasteiger partial charge >= 0.3 is 0 Å². The number of hydrogen-bond donors (Lipinski definition) is 3. The Morgan fingerprint density at radius 3 is 1.43 bits per heavy atom. The minimum Gasteiger partial charge on any atom is -0.325 e. The van der Waals surface area contributed by atoms with E-state index >= 15 is 0 Å². The van der Waals surface area contributed by atoms with Crippen LogP contribution in [0.1, 0.15) is 6.92 Å². The lowest BCUT2D eigenvalue weighted by atomic mass is 10.3. The third-order valence-electron chi connectivity index (χ3n) is 1.71. The molecule has 1 aliphatic carbocycles. The largest absolute Gasteiger partial charge is 0.325 e. The quantitative estimate of drug-likeness (QED) is 0.343. The predicted octanol–water partition coefficient (Wildman–Crippen LogP) is -1.63.